The van der Waals surface area contributed by atoms with Crippen LogP contribution in [0.4, 0.5) is 0 Å². The molecule has 5 fully saturated rings. The number of ether oxygens (including phenoxy) is 2. The highest BCUT2D eigenvalue weighted by Gasteiger charge is 2.69. The number of hydrogen-bond acceptors (Lipinski definition) is 2. The van der Waals surface area contributed by atoms with Crippen molar-refractivity contribution in [2.24, 2.45) is 35.5 Å². The van der Waals surface area contributed by atoms with Gasteiger partial charge in [0.25, 0.3) is 0 Å². The minimum atomic E-state index is 0.520. The molecule has 2 nitrogen and oxygen atoms in total. The van der Waals surface area contributed by atoms with Crippen molar-refractivity contribution in [3.63, 3.8) is 0 Å². The minimum Gasteiger partial charge on any atom is -0.378 e. The summed E-state index contributed by atoms with van der Waals surface area (Å²) < 4.78 is 11.7. The third kappa shape index (κ3) is 0.896. The molecule has 0 aromatic heterocycles. The quantitative estimate of drug-likeness (QED) is 0.583. The van der Waals surface area contributed by atoms with Crippen LogP contribution < -0.4 is 0 Å². The molecular weight excluding hydrogens is 200 g/mol. The standard InChI is InChI=1S/C14H20O2/c1-6-2-7-8-3-9(11(7)5-15-6)13-10(8)4-12-14(13)16-12/h6-14H,2-5H2,1H3. The predicted molar refractivity (Wildman–Crippen MR) is 58.9 cm³/mol. The van der Waals surface area contributed by atoms with Crippen molar-refractivity contribution in [1.82, 2.24) is 0 Å². The fourth-order valence-electron chi connectivity index (χ4n) is 5.93. The van der Waals surface area contributed by atoms with E-state index in [0.717, 1.165) is 42.1 Å². The minimum absolute atomic E-state index is 0.520. The van der Waals surface area contributed by atoms with Crippen LogP contribution in [-0.2, 0) is 9.47 Å². The molecule has 0 aromatic carbocycles. The lowest BCUT2D eigenvalue weighted by molar-refractivity contribution is -0.0796. The molecule has 2 bridgehead atoms. The van der Waals surface area contributed by atoms with E-state index < -0.39 is 0 Å². The van der Waals surface area contributed by atoms with E-state index in [1.54, 1.807) is 0 Å². The topological polar surface area (TPSA) is 21.8 Å². The van der Waals surface area contributed by atoms with Crippen molar-refractivity contribution in [3.05, 3.63) is 0 Å². The Hall–Kier alpha value is -0.0800. The van der Waals surface area contributed by atoms with Gasteiger partial charge in [0, 0.05) is 0 Å². The van der Waals surface area contributed by atoms with Gasteiger partial charge in [0.15, 0.2) is 0 Å². The number of rotatable bonds is 0. The van der Waals surface area contributed by atoms with Crippen LogP contribution in [0.15, 0.2) is 0 Å². The molecule has 5 aliphatic rings. The van der Waals surface area contributed by atoms with Gasteiger partial charge in [0.2, 0.25) is 0 Å². The molecule has 0 aromatic rings. The van der Waals surface area contributed by atoms with Crippen LogP contribution in [0, 0.1) is 35.5 Å². The Labute approximate surface area is 96.7 Å². The van der Waals surface area contributed by atoms with Crippen molar-refractivity contribution in [2.45, 2.75) is 44.5 Å². The van der Waals surface area contributed by atoms with Crippen LogP contribution in [0.3, 0.4) is 0 Å². The second-order valence-electron chi connectivity index (χ2n) is 6.89. The first kappa shape index (κ1) is 8.93. The van der Waals surface area contributed by atoms with E-state index in [2.05, 4.69) is 6.92 Å². The first-order valence-electron chi connectivity index (χ1n) is 7.10. The summed E-state index contributed by atoms with van der Waals surface area (Å²) in [6, 6.07) is 0. The second kappa shape index (κ2) is 2.67. The summed E-state index contributed by atoms with van der Waals surface area (Å²) in [6.07, 6.45) is 6.12. The molecule has 0 radical (unpaired) electrons. The highest BCUT2D eigenvalue weighted by Crippen LogP contribution is 2.68. The Bertz CT molecular complexity index is 342. The van der Waals surface area contributed by atoms with Crippen molar-refractivity contribution in [2.75, 3.05) is 6.61 Å². The van der Waals surface area contributed by atoms with E-state index in [9.17, 15) is 0 Å². The van der Waals surface area contributed by atoms with E-state index in [0.29, 0.717) is 18.3 Å². The molecule has 16 heavy (non-hydrogen) atoms. The smallest absolute Gasteiger partial charge is 0.0875 e. The summed E-state index contributed by atoms with van der Waals surface area (Å²) in [4.78, 5) is 0. The highest BCUT2D eigenvalue weighted by atomic mass is 16.6. The van der Waals surface area contributed by atoms with Gasteiger partial charge >= 0.3 is 0 Å². The average molecular weight is 220 g/mol. The van der Waals surface area contributed by atoms with Gasteiger partial charge in [-0.15, -0.1) is 0 Å². The fourth-order valence-corrected chi connectivity index (χ4v) is 5.93. The van der Waals surface area contributed by atoms with Crippen LogP contribution >= 0.6 is 0 Å². The Morgan fingerprint density at radius 2 is 1.69 bits per heavy atom. The van der Waals surface area contributed by atoms with Crippen LogP contribution in [-0.4, -0.2) is 24.9 Å². The van der Waals surface area contributed by atoms with Gasteiger partial charge < -0.3 is 9.47 Å². The Kier molecular flexibility index (Phi) is 1.49. The van der Waals surface area contributed by atoms with Gasteiger partial charge in [-0.2, -0.15) is 0 Å². The maximum Gasteiger partial charge on any atom is 0.0875 e. The Balaban J connectivity index is 1.50. The summed E-state index contributed by atoms with van der Waals surface area (Å²) >= 11 is 0. The molecule has 0 spiro atoms. The summed E-state index contributed by atoms with van der Waals surface area (Å²) in [5, 5.41) is 0. The summed E-state index contributed by atoms with van der Waals surface area (Å²) in [5.74, 6) is 5.89. The van der Waals surface area contributed by atoms with Gasteiger partial charge in [-0.05, 0) is 61.7 Å². The zero-order chi connectivity index (χ0) is 10.4. The lowest BCUT2D eigenvalue weighted by Gasteiger charge is -2.43. The van der Waals surface area contributed by atoms with E-state index in [-0.39, 0.29) is 0 Å². The third-order valence-electron chi connectivity index (χ3n) is 6.42. The van der Waals surface area contributed by atoms with Gasteiger partial charge in [-0.3, -0.25) is 0 Å². The Morgan fingerprint density at radius 3 is 2.62 bits per heavy atom. The highest BCUT2D eigenvalue weighted by molar-refractivity contribution is 5.16. The number of fused-ring (bicyclic) bond motifs is 10. The maximum atomic E-state index is 5.90. The third-order valence-corrected chi connectivity index (χ3v) is 6.42. The summed E-state index contributed by atoms with van der Waals surface area (Å²) in [6.45, 7) is 3.31. The van der Waals surface area contributed by atoms with Crippen LogP contribution in [0.25, 0.3) is 0 Å². The first-order valence-corrected chi connectivity index (χ1v) is 7.10. The van der Waals surface area contributed by atoms with Gasteiger partial charge in [0.1, 0.15) is 0 Å². The molecule has 9 unspecified atom stereocenters. The van der Waals surface area contributed by atoms with E-state index in [1.807, 2.05) is 0 Å². The summed E-state index contributed by atoms with van der Waals surface area (Å²) in [7, 11) is 0. The zero-order valence-corrected chi connectivity index (χ0v) is 9.84. The largest absolute Gasteiger partial charge is 0.378 e. The molecule has 0 N–H and O–H groups in total. The number of hydrogen-bond donors (Lipinski definition) is 0. The normalized spacial score (nSPS) is 69.9. The molecule has 0 amide bonds. The van der Waals surface area contributed by atoms with Crippen molar-refractivity contribution in [3.8, 4) is 0 Å². The molecule has 2 heteroatoms. The van der Waals surface area contributed by atoms with Gasteiger partial charge in [-0.25, -0.2) is 0 Å². The molecular formula is C14H20O2. The van der Waals surface area contributed by atoms with E-state index >= 15 is 0 Å². The lowest BCUT2D eigenvalue weighted by atomic mass is 9.67. The molecule has 9 atom stereocenters. The molecule has 2 heterocycles. The molecule has 2 aliphatic heterocycles. The zero-order valence-electron chi connectivity index (χ0n) is 9.84. The summed E-state index contributed by atoms with van der Waals surface area (Å²) in [5.41, 5.74) is 0. The van der Waals surface area contributed by atoms with Crippen molar-refractivity contribution in [1.29, 1.82) is 0 Å². The van der Waals surface area contributed by atoms with Crippen molar-refractivity contribution >= 4 is 0 Å². The number of epoxide rings is 1. The van der Waals surface area contributed by atoms with Gasteiger partial charge in [-0.1, -0.05) is 0 Å². The molecule has 5 rings (SSSR count). The van der Waals surface area contributed by atoms with Gasteiger partial charge in [0.05, 0.1) is 24.9 Å². The SMILES string of the molecule is CC1CC2C3CC(C2CO1)C1C3CC2OC21. The molecule has 3 saturated carbocycles. The average Bonchev–Trinajstić information content (AvgIpc) is 2.70. The van der Waals surface area contributed by atoms with Crippen LogP contribution in [0.1, 0.15) is 26.2 Å². The molecule has 2 saturated heterocycles. The Morgan fingerprint density at radius 1 is 0.875 bits per heavy atom. The maximum absolute atomic E-state index is 5.90. The van der Waals surface area contributed by atoms with Crippen molar-refractivity contribution < 1.29 is 9.47 Å². The van der Waals surface area contributed by atoms with E-state index in [4.69, 9.17) is 9.47 Å². The van der Waals surface area contributed by atoms with Crippen LogP contribution in [0.2, 0.25) is 0 Å². The lowest BCUT2D eigenvalue weighted by Crippen LogP contribution is -2.42. The first-order chi connectivity index (χ1) is 7.83. The molecule has 3 aliphatic carbocycles. The fraction of sp³-hybridized carbons (Fsp3) is 1.00. The second-order valence-corrected chi connectivity index (χ2v) is 6.89. The van der Waals surface area contributed by atoms with E-state index in [1.165, 1.54) is 19.3 Å². The monoisotopic (exact) mass is 220 g/mol. The molecule has 88 valence electrons. The van der Waals surface area contributed by atoms with Crippen LogP contribution in [0.5, 0.6) is 0 Å². The predicted octanol–water partition coefficient (Wildman–Crippen LogP) is 2.08.